The van der Waals surface area contributed by atoms with Gasteiger partial charge in [0.05, 0.1) is 12.7 Å². The molecule has 1 aromatic carbocycles. The first kappa shape index (κ1) is 7.39. The molecule has 0 aromatic heterocycles. The van der Waals surface area contributed by atoms with E-state index in [1.807, 2.05) is 6.07 Å². The number of benzene rings is 1. The zero-order chi connectivity index (χ0) is 8.84. The van der Waals surface area contributed by atoms with Crippen molar-refractivity contribution in [2.45, 2.75) is 25.4 Å². The van der Waals surface area contributed by atoms with Crippen LogP contribution in [0.1, 0.15) is 29.2 Å². The van der Waals surface area contributed by atoms with Crippen LogP contribution >= 0.6 is 0 Å². The molecule has 0 amide bonds. The molecule has 68 valence electrons. The van der Waals surface area contributed by atoms with E-state index in [2.05, 4.69) is 6.07 Å². The van der Waals surface area contributed by atoms with Crippen molar-refractivity contribution >= 4 is 0 Å². The summed E-state index contributed by atoms with van der Waals surface area (Å²) in [5.41, 5.74) is 3.73. The van der Waals surface area contributed by atoms with Gasteiger partial charge in [-0.15, -0.1) is 0 Å². The highest BCUT2D eigenvalue weighted by atomic mass is 16.5. The summed E-state index contributed by atoms with van der Waals surface area (Å²) >= 11 is 0. The number of fused-ring (bicyclic) bond motifs is 3. The van der Waals surface area contributed by atoms with Crippen LogP contribution < -0.4 is 4.74 Å². The number of aryl methyl sites for hydroxylation is 1. The molecular weight excluding hydrogens is 164 g/mol. The van der Waals surface area contributed by atoms with Gasteiger partial charge in [0.2, 0.25) is 0 Å². The summed E-state index contributed by atoms with van der Waals surface area (Å²) in [5.74, 6) is 0.986. The van der Waals surface area contributed by atoms with Crippen molar-refractivity contribution in [3.8, 4) is 5.75 Å². The summed E-state index contributed by atoms with van der Waals surface area (Å²) in [6, 6.07) is 4.13. The second-order valence-corrected chi connectivity index (χ2v) is 3.77. The topological polar surface area (TPSA) is 29.5 Å². The summed E-state index contributed by atoms with van der Waals surface area (Å²) in [4.78, 5) is 0. The van der Waals surface area contributed by atoms with Gasteiger partial charge in [-0.05, 0) is 30.0 Å². The third kappa shape index (κ3) is 0.923. The van der Waals surface area contributed by atoms with Gasteiger partial charge in [0.1, 0.15) is 5.75 Å². The van der Waals surface area contributed by atoms with Crippen LogP contribution in [0.25, 0.3) is 0 Å². The number of rotatable bonds is 0. The minimum Gasteiger partial charge on any atom is -0.493 e. The molecule has 0 radical (unpaired) electrons. The lowest BCUT2D eigenvalue weighted by atomic mass is 10.0. The number of aliphatic hydroxyl groups excluding tert-OH is 1. The lowest BCUT2D eigenvalue weighted by Crippen LogP contribution is -1.95. The van der Waals surface area contributed by atoms with E-state index >= 15 is 0 Å². The molecule has 0 spiro atoms. The Balaban J connectivity index is 2.23. The fourth-order valence-corrected chi connectivity index (χ4v) is 2.42. The summed E-state index contributed by atoms with van der Waals surface area (Å²) in [6.07, 6.45) is 2.62. The molecule has 3 rings (SSSR count). The van der Waals surface area contributed by atoms with Crippen LogP contribution in [0.3, 0.4) is 0 Å². The van der Waals surface area contributed by atoms with E-state index < -0.39 is 0 Å². The second-order valence-electron chi connectivity index (χ2n) is 3.77. The van der Waals surface area contributed by atoms with Crippen LogP contribution in [-0.2, 0) is 12.8 Å². The van der Waals surface area contributed by atoms with Crippen molar-refractivity contribution in [2.24, 2.45) is 0 Å². The molecule has 0 saturated heterocycles. The van der Waals surface area contributed by atoms with E-state index in [0.29, 0.717) is 0 Å². The maximum atomic E-state index is 9.79. The van der Waals surface area contributed by atoms with Gasteiger partial charge < -0.3 is 9.84 Å². The lowest BCUT2D eigenvalue weighted by Gasteiger charge is -2.08. The number of ether oxygens (including phenoxy) is 1. The third-order valence-electron chi connectivity index (χ3n) is 3.03. The lowest BCUT2D eigenvalue weighted by molar-refractivity contribution is 0.179. The van der Waals surface area contributed by atoms with Gasteiger partial charge in [0.25, 0.3) is 0 Å². The van der Waals surface area contributed by atoms with E-state index in [9.17, 15) is 5.11 Å². The van der Waals surface area contributed by atoms with E-state index in [1.54, 1.807) is 0 Å². The molecule has 0 bridgehead atoms. The minimum absolute atomic E-state index is 0.244. The molecule has 1 aromatic rings. The second kappa shape index (κ2) is 2.48. The first-order valence-electron chi connectivity index (χ1n) is 4.82. The van der Waals surface area contributed by atoms with Crippen molar-refractivity contribution in [3.05, 3.63) is 28.8 Å². The molecule has 0 fully saturated rings. The van der Waals surface area contributed by atoms with Crippen LogP contribution in [0.4, 0.5) is 0 Å². The van der Waals surface area contributed by atoms with Crippen molar-refractivity contribution < 1.29 is 9.84 Å². The fourth-order valence-electron chi connectivity index (χ4n) is 2.42. The van der Waals surface area contributed by atoms with Crippen molar-refractivity contribution in [3.63, 3.8) is 0 Å². The van der Waals surface area contributed by atoms with Gasteiger partial charge in [-0.25, -0.2) is 0 Å². The molecule has 1 aliphatic carbocycles. The van der Waals surface area contributed by atoms with Gasteiger partial charge in [-0.2, -0.15) is 0 Å². The normalized spacial score (nSPS) is 23.9. The van der Waals surface area contributed by atoms with Gasteiger partial charge in [0, 0.05) is 12.0 Å². The Morgan fingerprint density at radius 2 is 2.23 bits per heavy atom. The predicted molar refractivity (Wildman–Crippen MR) is 48.9 cm³/mol. The maximum absolute atomic E-state index is 9.79. The largest absolute Gasteiger partial charge is 0.493 e. The van der Waals surface area contributed by atoms with Crippen LogP contribution in [-0.4, -0.2) is 11.7 Å². The molecule has 0 unspecified atom stereocenters. The minimum atomic E-state index is -0.244. The average Bonchev–Trinajstić information content (AvgIpc) is 2.70. The Labute approximate surface area is 77.2 Å². The van der Waals surface area contributed by atoms with Crippen LogP contribution in [0, 0.1) is 0 Å². The number of hydrogen-bond acceptors (Lipinski definition) is 2. The van der Waals surface area contributed by atoms with Crippen LogP contribution in [0.2, 0.25) is 0 Å². The Kier molecular flexibility index (Phi) is 1.41. The van der Waals surface area contributed by atoms with Crippen LogP contribution in [0.5, 0.6) is 5.75 Å². The Hall–Kier alpha value is -1.02. The highest BCUT2D eigenvalue weighted by Gasteiger charge is 2.27. The molecule has 2 heteroatoms. The molecule has 1 N–H and O–H groups in total. The monoisotopic (exact) mass is 176 g/mol. The van der Waals surface area contributed by atoms with E-state index in [0.717, 1.165) is 37.2 Å². The van der Waals surface area contributed by atoms with Gasteiger partial charge in [-0.3, -0.25) is 0 Å². The zero-order valence-corrected chi connectivity index (χ0v) is 7.42. The summed E-state index contributed by atoms with van der Waals surface area (Å²) in [5, 5.41) is 9.79. The SMILES string of the molecule is O[C@@H]1CCc2ccc3c(c21)CCO3. The van der Waals surface area contributed by atoms with Crippen LogP contribution in [0.15, 0.2) is 12.1 Å². The fraction of sp³-hybridized carbons (Fsp3) is 0.455. The quantitative estimate of drug-likeness (QED) is 0.650. The Bertz CT molecular complexity index is 357. The van der Waals surface area contributed by atoms with E-state index in [-0.39, 0.29) is 6.10 Å². The predicted octanol–water partition coefficient (Wildman–Crippen LogP) is 1.60. The summed E-state index contributed by atoms with van der Waals surface area (Å²) in [7, 11) is 0. The smallest absolute Gasteiger partial charge is 0.123 e. The molecule has 1 atom stereocenters. The van der Waals surface area contributed by atoms with Gasteiger partial charge in [0.15, 0.2) is 0 Å². The van der Waals surface area contributed by atoms with Gasteiger partial charge in [-0.1, -0.05) is 6.07 Å². The maximum Gasteiger partial charge on any atom is 0.123 e. The molecular formula is C11H12O2. The highest BCUT2D eigenvalue weighted by Crippen LogP contribution is 2.40. The zero-order valence-electron chi connectivity index (χ0n) is 7.42. The number of hydrogen-bond donors (Lipinski definition) is 1. The molecule has 1 aliphatic heterocycles. The average molecular weight is 176 g/mol. The molecule has 1 heterocycles. The first-order valence-corrected chi connectivity index (χ1v) is 4.82. The van der Waals surface area contributed by atoms with Crippen molar-refractivity contribution in [2.75, 3.05) is 6.61 Å². The number of aliphatic hydroxyl groups is 1. The van der Waals surface area contributed by atoms with Crippen molar-refractivity contribution in [1.82, 2.24) is 0 Å². The Morgan fingerprint density at radius 1 is 1.31 bits per heavy atom. The summed E-state index contributed by atoms with van der Waals surface area (Å²) in [6.45, 7) is 0.776. The third-order valence-corrected chi connectivity index (χ3v) is 3.03. The molecule has 2 aliphatic rings. The standard InChI is InChI=1S/C11H12O2/c12-9-3-1-7-2-4-10-8(11(7)9)5-6-13-10/h2,4,9,12H,1,3,5-6H2/t9-/m1/s1. The van der Waals surface area contributed by atoms with Crippen molar-refractivity contribution in [1.29, 1.82) is 0 Å². The van der Waals surface area contributed by atoms with E-state index in [1.165, 1.54) is 11.1 Å². The highest BCUT2D eigenvalue weighted by molar-refractivity contribution is 5.50. The van der Waals surface area contributed by atoms with Gasteiger partial charge >= 0.3 is 0 Å². The summed E-state index contributed by atoms with van der Waals surface area (Å²) < 4.78 is 5.46. The molecule has 0 saturated carbocycles. The molecule has 13 heavy (non-hydrogen) atoms. The Morgan fingerprint density at radius 3 is 3.15 bits per heavy atom. The van der Waals surface area contributed by atoms with E-state index in [4.69, 9.17) is 4.74 Å². The molecule has 2 nitrogen and oxygen atoms in total. The first-order chi connectivity index (χ1) is 6.36.